The minimum atomic E-state index is -1.06. The summed E-state index contributed by atoms with van der Waals surface area (Å²) in [5.41, 5.74) is 2.71. The Morgan fingerprint density at radius 2 is 1.84 bits per heavy atom. The summed E-state index contributed by atoms with van der Waals surface area (Å²) in [4.78, 5) is 30.4. The Hall–Kier alpha value is -3.45. The summed E-state index contributed by atoms with van der Waals surface area (Å²) < 4.78 is 10.9. The van der Waals surface area contributed by atoms with Crippen LogP contribution in [-0.2, 0) is 15.0 Å². The normalized spacial score (nSPS) is 29.3. The predicted molar refractivity (Wildman–Crippen MR) is 143 cm³/mol. The molecule has 1 saturated heterocycles. The monoisotopic (exact) mass is 515 g/mol. The van der Waals surface area contributed by atoms with E-state index in [4.69, 9.17) is 9.47 Å². The van der Waals surface area contributed by atoms with Crippen LogP contribution >= 0.6 is 11.8 Å². The Bertz CT molecular complexity index is 1410. The number of aromatic amines is 1. The third-order valence-corrected chi connectivity index (χ3v) is 10.7. The lowest BCUT2D eigenvalue weighted by Gasteiger charge is -2.58. The molecule has 3 aromatic rings. The van der Waals surface area contributed by atoms with Gasteiger partial charge in [-0.2, -0.15) is 0 Å². The number of aliphatic carboxylic acids is 1. The van der Waals surface area contributed by atoms with Gasteiger partial charge in [-0.3, -0.25) is 9.59 Å². The van der Waals surface area contributed by atoms with Crippen LogP contribution in [0.3, 0.4) is 0 Å². The standard InChI is InChI=1S/C30H29NO5S/c1-17(20-6-4-5-7-24(20)36-3)26(32)25-14-30(28(33)34)22-12-13-29(27(30)37-25,23-16-31-15-21(22)23)18-8-10-19(35-2)11-9-18/h4-11,15-16,22,25,27,31H,1,12-14H2,2-3H3,(H,33,34). The first kappa shape index (κ1) is 23.9. The molecule has 37 heavy (non-hydrogen) atoms. The molecular formula is C30H29NO5S. The summed E-state index contributed by atoms with van der Waals surface area (Å²) >= 11 is 1.52. The zero-order valence-electron chi connectivity index (χ0n) is 20.8. The topological polar surface area (TPSA) is 88.6 Å². The van der Waals surface area contributed by atoms with Crippen LogP contribution in [0.5, 0.6) is 11.5 Å². The number of ketones is 1. The molecule has 0 radical (unpaired) electrons. The largest absolute Gasteiger partial charge is 0.497 e. The smallest absolute Gasteiger partial charge is 0.311 e. The first-order valence-corrected chi connectivity index (χ1v) is 13.4. The van der Waals surface area contributed by atoms with E-state index in [9.17, 15) is 14.7 Å². The first-order chi connectivity index (χ1) is 17.9. The molecule has 4 aliphatic rings. The van der Waals surface area contributed by atoms with Gasteiger partial charge in [-0.25, -0.2) is 0 Å². The number of Topliss-reactive ketones (excluding diaryl/α,β-unsaturated/α-hetero) is 1. The van der Waals surface area contributed by atoms with Crippen LogP contribution < -0.4 is 9.47 Å². The fourth-order valence-corrected chi connectivity index (χ4v) is 9.40. The molecule has 2 fully saturated rings. The number of aromatic nitrogens is 1. The molecule has 7 rings (SSSR count). The second kappa shape index (κ2) is 8.55. The second-order valence-corrected chi connectivity index (χ2v) is 11.5. The van der Waals surface area contributed by atoms with Crippen LogP contribution in [0.2, 0.25) is 0 Å². The molecule has 1 aliphatic heterocycles. The minimum Gasteiger partial charge on any atom is -0.497 e. The molecule has 1 saturated carbocycles. The van der Waals surface area contributed by atoms with Crippen molar-refractivity contribution in [3.63, 3.8) is 0 Å². The maximum atomic E-state index is 13.9. The molecule has 2 N–H and O–H groups in total. The van der Waals surface area contributed by atoms with Gasteiger partial charge in [-0.1, -0.05) is 36.9 Å². The highest BCUT2D eigenvalue weighted by Crippen LogP contribution is 2.72. The van der Waals surface area contributed by atoms with Crippen molar-refractivity contribution < 1.29 is 24.2 Å². The van der Waals surface area contributed by atoms with Crippen LogP contribution in [-0.4, -0.2) is 46.6 Å². The number of thioether (sulfide) groups is 1. The summed E-state index contributed by atoms with van der Waals surface area (Å²) in [5, 5.41) is 10.1. The number of carbonyl (C=O) groups is 2. The van der Waals surface area contributed by atoms with E-state index in [0.29, 0.717) is 16.9 Å². The molecule has 7 heteroatoms. The van der Waals surface area contributed by atoms with Gasteiger partial charge in [0.05, 0.1) is 24.9 Å². The lowest BCUT2D eigenvalue weighted by molar-refractivity contribution is -0.154. The fraction of sp³-hybridized carbons (Fsp3) is 0.333. The Morgan fingerprint density at radius 1 is 1.08 bits per heavy atom. The Kier molecular flexibility index (Phi) is 5.53. The predicted octanol–water partition coefficient (Wildman–Crippen LogP) is 5.44. The van der Waals surface area contributed by atoms with E-state index in [1.54, 1.807) is 20.3 Å². The minimum absolute atomic E-state index is 0.125. The SMILES string of the molecule is C=C(C(=O)C1CC2(C(=O)O)C3CCC(c4ccc(OC)cc4)(c4c[nH]cc43)C2S1)c1ccccc1OC. The molecule has 2 heterocycles. The number of allylic oxidation sites excluding steroid dienone is 1. The number of carboxylic acid groups (broad SMARTS) is 1. The molecule has 190 valence electrons. The molecule has 1 aromatic heterocycles. The molecule has 0 amide bonds. The van der Waals surface area contributed by atoms with Gasteiger partial charge in [0, 0.05) is 40.1 Å². The molecular weight excluding hydrogens is 486 g/mol. The van der Waals surface area contributed by atoms with E-state index in [1.807, 2.05) is 42.7 Å². The van der Waals surface area contributed by atoms with Crippen molar-refractivity contribution in [1.82, 2.24) is 4.98 Å². The van der Waals surface area contributed by atoms with Gasteiger partial charge in [-0.15, -0.1) is 11.8 Å². The lowest BCUT2D eigenvalue weighted by Crippen LogP contribution is -2.60. The van der Waals surface area contributed by atoms with Gasteiger partial charge in [-0.05, 0) is 54.2 Å². The Morgan fingerprint density at radius 3 is 2.54 bits per heavy atom. The highest BCUT2D eigenvalue weighted by Gasteiger charge is 2.72. The molecule has 0 spiro atoms. The van der Waals surface area contributed by atoms with Crippen LogP contribution in [0.4, 0.5) is 0 Å². The summed E-state index contributed by atoms with van der Waals surface area (Å²) in [6, 6.07) is 15.3. The maximum absolute atomic E-state index is 13.9. The number of para-hydroxylation sites is 1. The Balaban J connectivity index is 1.47. The van der Waals surface area contributed by atoms with Crippen LogP contribution in [0, 0.1) is 5.41 Å². The summed E-state index contributed by atoms with van der Waals surface area (Å²) in [7, 11) is 3.20. The van der Waals surface area contributed by atoms with Crippen molar-refractivity contribution in [2.45, 2.75) is 41.1 Å². The van der Waals surface area contributed by atoms with Gasteiger partial charge >= 0.3 is 5.97 Å². The number of hydrogen-bond acceptors (Lipinski definition) is 5. The fourth-order valence-electron chi connectivity index (χ4n) is 7.21. The number of hydrogen-bond donors (Lipinski definition) is 2. The number of rotatable bonds is 7. The molecule has 5 atom stereocenters. The van der Waals surface area contributed by atoms with E-state index in [-0.39, 0.29) is 23.4 Å². The Labute approximate surface area is 220 Å². The van der Waals surface area contributed by atoms with Crippen LogP contribution in [0.25, 0.3) is 5.57 Å². The van der Waals surface area contributed by atoms with E-state index in [1.165, 1.54) is 11.8 Å². The van der Waals surface area contributed by atoms with Gasteiger partial charge < -0.3 is 19.6 Å². The number of ether oxygens (including phenoxy) is 2. The number of methoxy groups -OCH3 is 2. The van der Waals surface area contributed by atoms with E-state index in [0.717, 1.165) is 35.3 Å². The van der Waals surface area contributed by atoms with Crippen molar-refractivity contribution >= 4 is 29.1 Å². The van der Waals surface area contributed by atoms with Gasteiger partial charge in [0.25, 0.3) is 0 Å². The number of nitrogens with one attached hydrogen (secondary N) is 1. The zero-order chi connectivity index (χ0) is 25.9. The molecule has 5 unspecified atom stereocenters. The molecule has 2 aromatic carbocycles. The van der Waals surface area contributed by atoms with Crippen molar-refractivity contribution in [1.29, 1.82) is 0 Å². The van der Waals surface area contributed by atoms with Gasteiger partial charge in [0.2, 0.25) is 0 Å². The highest BCUT2D eigenvalue weighted by atomic mass is 32.2. The number of carboxylic acids is 1. The van der Waals surface area contributed by atoms with Crippen molar-refractivity contribution in [2.75, 3.05) is 14.2 Å². The van der Waals surface area contributed by atoms with Crippen LogP contribution in [0.15, 0.2) is 67.5 Å². The van der Waals surface area contributed by atoms with E-state index in [2.05, 4.69) is 23.7 Å². The summed E-state index contributed by atoms with van der Waals surface area (Å²) in [5.74, 6) is 0.238. The number of fused-ring (bicyclic) bond motifs is 1. The second-order valence-electron chi connectivity index (χ2n) is 10.2. The number of benzene rings is 2. The molecule has 2 bridgehead atoms. The highest BCUT2D eigenvalue weighted by molar-refractivity contribution is 8.01. The average Bonchev–Trinajstić information content (AvgIpc) is 3.60. The zero-order valence-corrected chi connectivity index (χ0v) is 21.6. The van der Waals surface area contributed by atoms with E-state index >= 15 is 0 Å². The third-order valence-electron chi connectivity index (χ3n) is 8.85. The average molecular weight is 516 g/mol. The van der Waals surface area contributed by atoms with Crippen molar-refractivity contribution in [3.05, 3.63) is 89.8 Å². The quantitative estimate of drug-likeness (QED) is 0.408. The van der Waals surface area contributed by atoms with Crippen molar-refractivity contribution in [2.24, 2.45) is 5.41 Å². The number of carbonyl (C=O) groups excluding carboxylic acids is 1. The third kappa shape index (κ3) is 3.13. The number of H-pyrrole nitrogens is 1. The molecule has 6 nitrogen and oxygen atoms in total. The molecule has 3 aliphatic carbocycles. The van der Waals surface area contributed by atoms with Gasteiger partial charge in [0.15, 0.2) is 5.78 Å². The van der Waals surface area contributed by atoms with Crippen LogP contribution in [0.1, 0.15) is 47.4 Å². The first-order valence-electron chi connectivity index (χ1n) is 12.5. The summed E-state index contributed by atoms with van der Waals surface area (Å²) in [6.45, 7) is 4.13. The van der Waals surface area contributed by atoms with Crippen molar-refractivity contribution in [3.8, 4) is 11.5 Å². The summed E-state index contributed by atoms with van der Waals surface area (Å²) in [6.07, 6.45) is 5.86. The van der Waals surface area contributed by atoms with Gasteiger partial charge in [0.1, 0.15) is 11.5 Å². The maximum Gasteiger partial charge on any atom is 0.311 e. The lowest BCUT2D eigenvalue weighted by atomic mass is 9.46. The van der Waals surface area contributed by atoms with E-state index < -0.39 is 22.0 Å².